The molecular weight excluding hydrogens is 348 g/mol. The van der Waals surface area contributed by atoms with Crippen LogP contribution >= 0.6 is 0 Å². The molecule has 2 aliphatic rings. The molecule has 0 fully saturated rings. The lowest BCUT2D eigenvalue weighted by Crippen LogP contribution is -2.51. The Kier molecular flexibility index (Phi) is 3.86. The van der Waals surface area contributed by atoms with Crippen molar-refractivity contribution in [3.05, 3.63) is 101 Å². The number of aryl methyl sites for hydroxylation is 1. The normalized spacial score (nSPS) is 25.5. The second-order valence-electron chi connectivity index (χ2n) is 7.45. The molecule has 4 heteroatoms. The van der Waals surface area contributed by atoms with Crippen LogP contribution in [0.2, 0.25) is 0 Å². The van der Waals surface area contributed by atoms with Crippen LogP contribution in [0, 0.1) is 6.92 Å². The number of carbonyl (C=O) groups excluding carboxylic acids is 1. The molecule has 0 N–H and O–H groups in total. The van der Waals surface area contributed by atoms with Crippen LogP contribution in [0.1, 0.15) is 39.1 Å². The summed E-state index contributed by atoms with van der Waals surface area (Å²) in [6, 6.07) is 25.6. The molecule has 3 aromatic rings. The number of Topliss-reactive ketones (excluding diaryl/α,β-unsaturated/α-hetero) is 1. The summed E-state index contributed by atoms with van der Waals surface area (Å²) >= 11 is 0. The third-order valence-electron chi connectivity index (χ3n) is 5.75. The number of ketones is 1. The van der Waals surface area contributed by atoms with Crippen molar-refractivity contribution in [2.24, 2.45) is 10.2 Å². The monoisotopic (exact) mass is 368 g/mol. The van der Waals surface area contributed by atoms with Crippen molar-refractivity contribution in [3.63, 3.8) is 0 Å². The molecule has 0 saturated carbocycles. The smallest absolute Gasteiger partial charge is 0.200 e. The van der Waals surface area contributed by atoms with Crippen LogP contribution in [0.3, 0.4) is 0 Å². The Labute approximate surface area is 163 Å². The molecule has 0 aliphatic carbocycles. The third-order valence-corrected chi connectivity index (χ3v) is 5.75. The van der Waals surface area contributed by atoms with E-state index in [0.29, 0.717) is 17.9 Å². The molecule has 4 nitrogen and oxygen atoms in total. The van der Waals surface area contributed by atoms with Crippen molar-refractivity contribution in [2.75, 3.05) is 6.54 Å². The number of rotatable bonds is 2. The van der Waals surface area contributed by atoms with E-state index in [1.165, 1.54) is 5.56 Å². The maximum atomic E-state index is 13.8. The van der Waals surface area contributed by atoms with Crippen LogP contribution in [0.25, 0.3) is 0 Å². The zero-order valence-corrected chi connectivity index (χ0v) is 15.6. The Morgan fingerprint density at radius 3 is 2.39 bits per heavy atom. The first-order chi connectivity index (χ1) is 13.7. The van der Waals surface area contributed by atoms with Crippen LogP contribution in [0.4, 0.5) is 0 Å². The number of carbonyl (C=O) groups is 1. The molecule has 28 heavy (non-hydrogen) atoms. The van der Waals surface area contributed by atoms with Crippen molar-refractivity contribution in [3.8, 4) is 5.75 Å². The second kappa shape index (κ2) is 6.41. The minimum absolute atomic E-state index is 0.0185. The van der Waals surface area contributed by atoms with Crippen molar-refractivity contribution in [1.82, 2.24) is 0 Å². The van der Waals surface area contributed by atoms with Gasteiger partial charge in [0.1, 0.15) is 5.75 Å². The van der Waals surface area contributed by atoms with E-state index in [4.69, 9.17) is 4.74 Å². The molecule has 0 saturated heterocycles. The quantitative estimate of drug-likeness (QED) is 0.616. The summed E-state index contributed by atoms with van der Waals surface area (Å²) in [6.45, 7) is 2.53. The summed E-state index contributed by atoms with van der Waals surface area (Å²) in [7, 11) is 0. The van der Waals surface area contributed by atoms with Gasteiger partial charge in [-0.15, -0.1) is 0 Å². The lowest BCUT2D eigenvalue weighted by atomic mass is 9.69. The molecule has 0 unspecified atom stereocenters. The summed E-state index contributed by atoms with van der Waals surface area (Å²) in [5.74, 6) is 0.422. The number of hydrogen-bond acceptors (Lipinski definition) is 4. The van der Waals surface area contributed by atoms with E-state index >= 15 is 0 Å². The van der Waals surface area contributed by atoms with Gasteiger partial charge in [0.05, 0.1) is 12.1 Å². The Morgan fingerprint density at radius 1 is 0.893 bits per heavy atom. The van der Waals surface area contributed by atoms with Gasteiger partial charge in [-0.3, -0.25) is 4.79 Å². The van der Waals surface area contributed by atoms with Crippen LogP contribution in [-0.4, -0.2) is 17.9 Å². The summed E-state index contributed by atoms with van der Waals surface area (Å²) in [6.07, 6.45) is -0.520. The molecule has 2 aliphatic heterocycles. The SMILES string of the molecule is Cc1ccc([C@@H]2CN=N[C@]23C(=O)c2ccccc2O[C@@H]3c2ccccc2)cc1. The fourth-order valence-electron chi connectivity index (χ4n) is 4.30. The summed E-state index contributed by atoms with van der Waals surface area (Å²) in [5, 5.41) is 8.96. The van der Waals surface area contributed by atoms with E-state index in [0.717, 1.165) is 11.1 Å². The highest BCUT2D eigenvalue weighted by Gasteiger charge is 2.60. The fourth-order valence-corrected chi connectivity index (χ4v) is 4.30. The van der Waals surface area contributed by atoms with Crippen molar-refractivity contribution >= 4 is 5.78 Å². The maximum absolute atomic E-state index is 13.8. The predicted octanol–water partition coefficient (Wildman–Crippen LogP) is 5.30. The Hall–Kier alpha value is -3.27. The Bertz CT molecular complexity index is 1060. The van der Waals surface area contributed by atoms with E-state index in [2.05, 4.69) is 41.4 Å². The summed E-state index contributed by atoms with van der Waals surface area (Å²) in [5.41, 5.74) is 2.66. The van der Waals surface area contributed by atoms with Crippen molar-refractivity contribution in [2.45, 2.75) is 24.5 Å². The van der Waals surface area contributed by atoms with Gasteiger partial charge in [-0.05, 0) is 30.2 Å². The lowest BCUT2D eigenvalue weighted by molar-refractivity contribution is 0.0521. The van der Waals surface area contributed by atoms with Gasteiger partial charge in [-0.25, -0.2) is 0 Å². The zero-order chi connectivity index (χ0) is 19.1. The molecule has 0 amide bonds. The molecule has 3 aromatic carbocycles. The van der Waals surface area contributed by atoms with Crippen molar-refractivity contribution < 1.29 is 9.53 Å². The van der Waals surface area contributed by atoms with Crippen LogP contribution in [-0.2, 0) is 0 Å². The van der Waals surface area contributed by atoms with E-state index in [1.54, 1.807) is 0 Å². The first-order valence-corrected chi connectivity index (χ1v) is 9.51. The van der Waals surface area contributed by atoms with Gasteiger partial charge in [0, 0.05) is 5.92 Å². The predicted molar refractivity (Wildman–Crippen MR) is 107 cm³/mol. The first-order valence-electron chi connectivity index (χ1n) is 9.51. The van der Waals surface area contributed by atoms with Crippen LogP contribution in [0.15, 0.2) is 89.1 Å². The van der Waals surface area contributed by atoms with E-state index in [-0.39, 0.29) is 11.7 Å². The van der Waals surface area contributed by atoms with Gasteiger partial charge in [0.15, 0.2) is 11.6 Å². The molecule has 0 radical (unpaired) electrons. The largest absolute Gasteiger partial charge is 0.482 e. The van der Waals surface area contributed by atoms with Gasteiger partial charge >= 0.3 is 0 Å². The van der Waals surface area contributed by atoms with Crippen LogP contribution in [0.5, 0.6) is 5.75 Å². The highest BCUT2D eigenvalue weighted by molar-refractivity contribution is 6.08. The average Bonchev–Trinajstić information content (AvgIpc) is 3.17. The zero-order valence-electron chi connectivity index (χ0n) is 15.6. The van der Waals surface area contributed by atoms with E-state index in [9.17, 15) is 4.79 Å². The minimum atomic E-state index is -1.09. The summed E-state index contributed by atoms with van der Waals surface area (Å²) in [4.78, 5) is 13.8. The highest BCUT2D eigenvalue weighted by Crippen LogP contribution is 2.52. The molecule has 2 heterocycles. The molecule has 0 aromatic heterocycles. The number of nitrogens with zero attached hydrogens (tertiary/aromatic N) is 2. The number of fused-ring (bicyclic) bond motifs is 1. The number of benzene rings is 3. The number of hydrogen-bond donors (Lipinski definition) is 0. The second-order valence-corrected chi connectivity index (χ2v) is 7.45. The molecule has 5 rings (SSSR count). The number of para-hydroxylation sites is 1. The molecule has 138 valence electrons. The molecule has 0 bridgehead atoms. The number of azo groups is 1. The highest BCUT2D eigenvalue weighted by atomic mass is 16.5. The van der Waals surface area contributed by atoms with Gasteiger partial charge in [-0.1, -0.05) is 72.3 Å². The van der Waals surface area contributed by atoms with Crippen molar-refractivity contribution in [1.29, 1.82) is 0 Å². The maximum Gasteiger partial charge on any atom is 0.200 e. The molecular formula is C24H20N2O2. The van der Waals surface area contributed by atoms with E-state index < -0.39 is 11.6 Å². The standard InChI is InChI=1S/C24H20N2O2/c1-16-11-13-17(14-12-16)20-15-25-26-24(20)22(27)19-9-5-6-10-21(19)28-23(24)18-7-3-2-4-8-18/h2-14,20,23H,15H2,1H3/t20-,23+,24-/m0/s1. The van der Waals surface area contributed by atoms with Crippen LogP contribution < -0.4 is 4.74 Å². The minimum Gasteiger partial charge on any atom is -0.482 e. The van der Waals surface area contributed by atoms with E-state index in [1.807, 2.05) is 54.6 Å². The molecule has 3 atom stereocenters. The number of ether oxygens (including phenoxy) is 1. The Balaban J connectivity index is 1.72. The first kappa shape index (κ1) is 16.9. The summed E-state index contributed by atoms with van der Waals surface area (Å²) < 4.78 is 6.43. The fraction of sp³-hybridized carbons (Fsp3) is 0.208. The third kappa shape index (κ3) is 2.41. The van der Waals surface area contributed by atoms with Gasteiger partial charge in [-0.2, -0.15) is 10.2 Å². The topological polar surface area (TPSA) is 51.0 Å². The van der Waals surface area contributed by atoms with Gasteiger partial charge in [0.2, 0.25) is 5.78 Å². The lowest BCUT2D eigenvalue weighted by Gasteiger charge is -2.41. The van der Waals surface area contributed by atoms with Gasteiger partial charge in [0.25, 0.3) is 0 Å². The van der Waals surface area contributed by atoms with Gasteiger partial charge < -0.3 is 4.74 Å². The Morgan fingerprint density at radius 2 is 1.61 bits per heavy atom. The average molecular weight is 368 g/mol. The molecule has 1 spiro atoms.